The highest BCUT2D eigenvalue weighted by Gasteiger charge is 2.32. The van der Waals surface area contributed by atoms with Crippen molar-refractivity contribution >= 4 is 62.1 Å². The second kappa shape index (κ2) is 21.2. The highest BCUT2D eigenvalue weighted by molar-refractivity contribution is 9.12. The number of allylic oxidation sites excluding steroid dienone is 1. The number of piperazine rings is 1. The van der Waals surface area contributed by atoms with Crippen molar-refractivity contribution in [2.24, 2.45) is 5.41 Å². The first-order valence-corrected chi connectivity index (χ1v) is 23.2. The lowest BCUT2D eigenvalue weighted by atomic mass is 9.72. The Morgan fingerprint density at radius 1 is 0.932 bits per heavy atom. The Bertz CT molecular complexity index is 2090. The number of hydrogen-bond donors (Lipinski definition) is 2. The van der Waals surface area contributed by atoms with Crippen molar-refractivity contribution in [3.63, 3.8) is 0 Å². The van der Waals surface area contributed by atoms with Gasteiger partial charge in [0, 0.05) is 119 Å². The fourth-order valence-corrected chi connectivity index (χ4v) is 10.0. The van der Waals surface area contributed by atoms with E-state index >= 15 is 0 Å². The number of thioether (sulfide) groups is 1. The van der Waals surface area contributed by atoms with Gasteiger partial charge in [0.15, 0.2) is 0 Å². The number of rotatable bonds is 15. The van der Waals surface area contributed by atoms with Crippen molar-refractivity contribution in [2.75, 3.05) is 81.5 Å². The van der Waals surface area contributed by atoms with Gasteiger partial charge in [-0.15, -0.1) is 11.8 Å². The van der Waals surface area contributed by atoms with Gasteiger partial charge in [-0.2, -0.15) is 0 Å². The molecular weight excluding hydrogens is 838 g/mol. The van der Waals surface area contributed by atoms with E-state index in [1.54, 1.807) is 0 Å². The second-order valence-corrected chi connectivity index (χ2v) is 18.3. The summed E-state index contributed by atoms with van der Waals surface area (Å²) in [6.45, 7) is 14.4. The molecule has 0 saturated carbocycles. The Hall–Kier alpha value is -3.75. The maximum Gasteiger partial charge on any atom is 0.251 e. The predicted molar refractivity (Wildman–Crippen MR) is 251 cm³/mol. The van der Waals surface area contributed by atoms with Crippen LogP contribution in [-0.4, -0.2) is 93.1 Å². The van der Waals surface area contributed by atoms with Crippen LogP contribution in [0.5, 0.6) is 0 Å². The molecule has 2 atom stereocenters. The number of halogens is 2. The topological polar surface area (TPSA) is 60.1 Å². The van der Waals surface area contributed by atoms with E-state index in [0.717, 1.165) is 119 Å². The summed E-state index contributed by atoms with van der Waals surface area (Å²) in [6, 6.07) is 33.8. The molecule has 10 heteroatoms. The van der Waals surface area contributed by atoms with E-state index < -0.39 is 0 Å². The fourth-order valence-electron chi connectivity index (χ4n) is 8.45. The molecule has 4 aromatic rings. The van der Waals surface area contributed by atoms with Gasteiger partial charge in [0.2, 0.25) is 0 Å². The van der Waals surface area contributed by atoms with Crippen LogP contribution in [0.1, 0.15) is 59.7 Å². The molecule has 2 N–H and O–H groups in total. The summed E-state index contributed by atoms with van der Waals surface area (Å²) >= 11 is 11.5. The molecule has 1 aliphatic carbocycles. The lowest BCUT2D eigenvalue weighted by Gasteiger charge is -2.39. The van der Waals surface area contributed by atoms with Crippen molar-refractivity contribution in [3.8, 4) is 10.8 Å². The van der Waals surface area contributed by atoms with Crippen LogP contribution in [0.2, 0.25) is 5.02 Å². The summed E-state index contributed by atoms with van der Waals surface area (Å²) < 4.78 is 5.57. The number of anilines is 2. The smallest absolute Gasteiger partial charge is 0.251 e. The first-order chi connectivity index (χ1) is 28.7. The van der Waals surface area contributed by atoms with Crippen LogP contribution in [0.15, 0.2) is 108 Å². The molecule has 7 nitrogen and oxygen atoms in total. The first-order valence-electron chi connectivity index (χ1n) is 21.0. The number of nitrogens with one attached hydrogen (secondary N) is 2. The number of morpholine rings is 1. The third-order valence-corrected chi connectivity index (χ3v) is 13.6. The van der Waals surface area contributed by atoms with Gasteiger partial charge in [0.05, 0.1) is 13.2 Å². The number of benzene rings is 4. The van der Waals surface area contributed by atoms with Gasteiger partial charge >= 0.3 is 0 Å². The highest BCUT2D eigenvalue weighted by Crippen LogP contribution is 2.43. The van der Waals surface area contributed by atoms with E-state index in [1.165, 1.54) is 27.2 Å². The van der Waals surface area contributed by atoms with Crippen molar-refractivity contribution in [1.29, 1.82) is 0 Å². The molecule has 3 aliphatic rings. The van der Waals surface area contributed by atoms with Crippen LogP contribution >= 0.6 is 39.3 Å². The van der Waals surface area contributed by atoms with Crippen LogP contribution in [0, 0.1) is 23.1 Å². The number of ether oxygens (including phenoxy) is 1. The van der Waals surface area contributed by atoms with E-state index in [4.69, 9.17) is 16.3 Å². The molecule has 2 heterocycles. The molecule has 59 heavy (non-hydrogen) atoms. The molecule has 0 bridgehead atoms. The molecule has 310 valence electrons. The lowest BCUT2D eigenvalue weighted by Crippen LogP contribution is -2.47. The molecule has 2 saturated heterocycles. The van der Waals surface area contributed by atoms with Crippen molar-refractivity contribution < 1.29 is 9.53 Å². The minimum Gasteiger partial charge on any atom is -0.381 e. The first kappa shape index (κ1) is 43.3. The number of hydrogen-bond acceptors (Lipinski definition) is 7. The third kappa shape index (κ3) is 12.4. The van der Waals surface area contributed by atoms with Crippen LogP contribution < -0.4 is 15.5 Å². The Morgan fingerprint density at radius 3 is 2.39 bits per heavy atom. The Labute approximate surface area is 369 Å². The van der Waals surface area contributed by atoms with E-state index in [2.05, 4.69) is 139 Å². The number of amides is 1. The largest absolute Gasteiger partial charge is 0.381 e. The lowest BCUT2D eigenvalue weighted by molar-refractivity contribution is 0.0370. The van der Waals surface area contributed by atoms with Crippen molar-refractivity contribution in [2.45, 2.75) is 57.0 Å². The van der Waals surface area contributed by atoms with Crippen LogP contribution in [-0.2, 0) is 11.3 Å². The summed E-state index contributed by atoms with van der Waals surface area (Å²) in [5.74, 6) is 4.37. The molecule has 7 rings (SSSR count). The summed E-state index contributed by atoms with van der Waals surface area (Å²) in [5.41, 5.74) is 9.43. The highest BCUT2D eigenvalue weighted by atomic mass is 79.9. The average Bonchev–Trinajstić information content (AvgIpc) is 3.26. The minimum atomic E-state index is -0.0591. The molecule has 0 aromatic heterocycles. The van der Waals surface area contributed by atoms with Gasteiger partial charge < -0.3 is 20.3 Å². The zero-order chi connectivity index (χ0) is 41.0. The predicted octanol–water partition coefficient (Wildman–Crippen LogP) is 10.00. The summed E-state index contributed by atoms with van der Waals surface area (Å²) in [6.07, 6.45) is 4.10. The molecule has 2 fully saturated rings. The summed E-state index contributed by atoms with van der Waals surface area (Å²) in [4.78, 5) is 25.1. The minimum absolute atomic E-state index is 0.0266. The zero-order valence-electron chi connectivity index (χ0n) is 34.5. The summed E-state index contributed by atoms with van der Waals surface area (Å²) in [7, 11) is 0. The van der Waals surface area contributed by atoms with Gasteiger partial charge in [-0.05, 0) is 121 Å². The van der Waals surface area contributed by atoms with E-state index in [1.807, 2.05) is 36.0 Å². The Kier molecular flexibility index (Phi) is 15.5. The third-order valence-electron chi connectivity index (χ3n) is 12.0. The number of carbonyl (C=O) groups is 1. The quantitative estimate of drug-likeness (QED) is 0.0911. The van der Waals surface area contributed by atoms with Gasteiger partial charge in [0.25, 0.3) is 5.91 Å². The van der Waals surface area contributed by atoms with E-state index in [0.29, 0.717) is 18.2 Å². The van der Waals surface area contributed by atoms with Crippen molar-refractivity contribution in [1.82, 2.24) is 15.1 Å². The van der Waals surface area contributed by atoms with E-state index in [-0.39, 0.29) is 11.3 Å². The van der Waals surface area contributed by atoms with Gasteiger partial charge in [-0.3, -0.25) is 14.6 Å². The zero-order valence-corrected chi connectivity index (χ0v) is 37.6. The standard InChI is InChI=1S/C49H57BrClN5O2S/c1-37-32-38(8-17-47(37)53-43(19-23-54-28-30-58-31-29-54)36-59-45-6-4-3-5-7-45)34-52-48(57)40-11-15-44(16-12-40)56-26-24-55(25-27-56)35-41-33-49(2,21-22-50)20-18-46(41)39-9-13-42(51)14-10-39/h3-17,32,43,53H,18-20,23-31,33-36H2,1-2H3,(H,52,57)/t43-,49?/m1/s1. The average molecular weight is 895 g/mol. The maximum atomic E-state index is 13.3. The van der Waals surface area contributed by atoms with Crippen molar-refractivity contribution in [3.05, 3.63) is 130 Å². The maximum absolute atomic E-state index is 13.3. The SMILES string of the molecule is Cc1cc(CNC(=O)c2ccc(N3CCN(CC4=C(c5ccc(Cl)cc5)CCC(C)(C#CBr)C4)CC3)cc2)ccc1N[C@H](CCN1CCOCC1)CSc1ccccc1. The molecule has 1 amide bonds. The molecule has 1 unspecified atom stereocenters. The Balaban J connectivity index is 0.899. The Morgan fingerprint density at radius 2 is 1.68 bits per heavy atom. The summed E-state index contributed by atoms with van der Waals surface area (Å²) in [5, 5.41) is 7.78. The van der Waals surface area contributed by atoms with Gasteiger partial charge in [-0.1, -0.05) is 65.6 Å². The monoisotopic (exact) mass is 893 g/mol. The molecular formula is C49H57BrClN5O2S. The number of carbonyl (C=O) groups excluding carboxylic acids is 1. The van der Waals surface area contributed by atoms with E-state index in [9.17, 15) is 4.79 Å². The molecule has 0 radical (unpaired) electrons. The molecule has 2 aliphatic heterocycles. The molecule has 4 aromatic carbocycles. The number of nitrogens with zero attached hydrogens (tertiary/aromatic N) is 3. The second-order valence-electron chi connectivity index (χ2n) is 16.4. The van der Waals surface area contributed by atoms with Crippen LogP contribution in [0.3, 0.4) is 0 Å². The van der Waals surface area contributed by atoms with Crippen LogP contribution in [0.25, 0.3) is 5.57 Å². The molecule has 0 spiro atoms. The van der Waals surface area contributed by atoms with Gasteiger partial charge in [-0.25, -0.2) is 0 Å². The van der Waals surface area contributed by atoms with Gasteiger partial charge in [0.1, 0.15) is 0 Å². The fraction of sp³-hybridized carbons (Fsp3) is 0.408. The normalized spacial score (nSPS) is 19.5. The number of aryl methyl sites for hydroxylation is 1. The van der Waals surface area contributed by atoms with Crippen LogP contribution in [0.4, 0.5) is 11.4 Å².